The van der Waals surface area contributed by atoms with E-state index >= 15 is 0 Å². The van der Waals surface area contributed by atoms with Crippen molar-refractivity contribution in [1.29, 1.82) is 0 Å². The number of hydrogen-bond donors (Lipinski definition) is 0. The molecule has 1 aromatic heterocycles. The predicted molar refractivity (Wildman–Crippen MR) is 88.6 cm³/mol. The molecule has 1 fully saturated rings. The highest BCUT2D eigenvalue weighted by Crippen LogP contribution is 2.16. The average Bonchev–Trinajstić information content (AvgIpc) is 3.18. The molecule has 7 heteroatoms. The van der Waals surface area contributed by atoms with Crippen LogP contribution in [0.15, 0.2) is 30.5 Å². The number of benzene rings is 1. The first kappa shape index (κ1) is 16.0. The number of hydrogen-bond acceptors (Lipinski definition) is 4. The standard InChI is InChI=1S/C16H20ClN5O/c1-20(2)14-7-8-21(10-14)16(23)15-11-22(19-18-15)9-12-3-5-13(17)6-4-12/h3-6,11,14H,7-10H2,1-2H3/t14-/m1/s1. The summed E-state index contributed by atoms with van der Waals surface area (Å²) in [6.07, 6.45) is 2.71. The number of likely N-dealkylation sites (N-methyl/N-ethyl adjacent to an activating group) is 1. The van der Waals surface area contributed by atoms with E-state index in [1.807, 2.05) is 43.3 Å². The second-order valence-electron chi connectivity index (χ2n) is 6.09. The van der Waals surface area contributed by atoms with Crippen molar-refractivity contribution >= 4 is 17.5 Å². The van der Waals surface area contributed by atoms with Crippen LogP contribution in [0.25, 0.3) is 0 Å². The Kier molecular flexibility index (Phi) is 4.63. The predicted octanol–water partition coefficient (Wildman–Crippen LogP) is 1.76. The van der Waals surface area contributed by atoms with E-state index in [2.05, 4.69) is 15.2 Å². The maximum absolute atomic E-state index is 12.5. The molecule has 1 saturated heterocycles. The zero-order valence-electron chi connectivity index (χ0n) is 13.3. The third kappa shape index (κ3) is 3.71. The molecule has 0 saturated carbocycles. The molecule has 2 heterocycles. The van der Waals surface area contributed by atoms with Gasteiger partial charge < -0.3 is 9.80 Å². The van der Waals surface area contributed by atoms with Crippen LogP contribution in [0.2, 0.25) is 5.02 Å². The molecule has 3 rings (SSSR count). The molecule has 0 unspecified atom stereocenters. The SMILES string of the molecule is CN(C)[C@@H]1CCN(C(=O)c2cn(Cc3ccc(Cl)cc3)nn2)C1. The monoisotopic (exact) mass is 333 g/mol. The number of carbonyl (C=O) groups is 1. The summed E-state index contributed by atoms with van der Waals surface area (Å²) in [6.45, 7) is 2.08. The van der Waals surface area contributed by atoms with Crippen molar-refractivity contribution in [3.05, 3.63) is 46.7 Å². The Balaban J connectivity index is 1.65. The number of carbonyl (C=O) groups excluding carboxylic acids is 1. The van der Waals surface area contributed by atoms with Crippen LogP contribution in [0.5, 0.6) is 0 Å². The molecule has 0 aliphatic carbocycles. The van der Waals surface area contributed by atoms with E-state index in [1.54, 1.807) is 10.9 Å². The normalized spacial score (nSPS) is 17.9. The highest BCUT2D eigenvalue weighted by molar-refractivity contribution is 6.30. The van der Waals surface area contributed by atoms with Crippen molar-refractivity contribution < 1.29 is 4.79 Å². The van der Waals surface area contributed by atoms with Gasteiger partial charge in [0.15, 0.2) is 5.69 Å². The minimum Gasteiger partial charge on any atom is -0.336 e. The molecule has 1 aromatic carbocycles. The first-order chi connectivity index (χ1) is 11.0. The van der Waals surface area contributed by atoms with E-state index in [1.165, 1.54) is 0 Å². The Bertz CT molecular complexity index is 682. The fourth-order valence-electron chi connectivity index (χ4n) is 2.76. The lowest BCUT2D eigenvalue weighted by Crippen LogP contribution is -2.34. The van der Waals surface area contributed by atoms with Gasteiger partial charge in [0, 0.05) is 24.2 Å². The second kappa shape index (κ2) is 6.68. The van der Waals surface area contributed by atoms with Gasteiger partial charge in [0.05, 0.1) is 12.7 Å². The number of nitrogens with zero attached hydrogens (tertiary/aromatic N) is 5. The molecule has 2 aromatic rings. The lowest BCUT2D eigenvalue weighted by atomic mass is 10.2. The van der Waals surface area contributed by atoms with Crippen LogP contribution >= 0.6 is 11.6 Å². The van der Waals surface area contributed by atoms with Gasteiger partial charge >= 0.3 is 0 Å². The molecule has 23 heavy (non-hydrogen) atoms. The van der Waals surface area contributed by atoms with Crippen LogP contribution < -0.4 is 0 Å². The Labute approximate surface area is 140 Å². The van der Waals surface area contributed by atoms with Gasteiger partial charge in [-0.2, -0.15) is 0 Å². The molecule has 0 bridgehead atoms. The molecule has 1 aliphatic heterocycles. The maximum Gasteiger partial charge on any atom is 0.276 e. The highest BCUT2D eigenvalue weighted by Gasteiger charge is 2.29. The average molecular weight is 334 g/mol. The van der Waals surface area contributed by atoms with Crippen LogP contribution in [-0.4, -0.2) is 63.9 Å². The van der Waals surface area contributed by atoms with E-state index in [0.29, 0.717) is 23.3 Å². The summed E-state index contributed by atoms with van der Waals surface area (Å²) < 4.78 is 1.68. The van der Waals surface area contributed by atoms with E-state index in [0.717, 1.165) is 25.1 Å². The molecule has 1 amide bonds. The van der Waals surface area contributed by atoms with Crippen molar-refractivity contribution in [2.45, 2.75) is 19.0 Å². The first-order valence-corrected chi connectivity index (χ1v) is 8.01. The maximum atomic E-state index is 12.5. The molecular weight excluding hydrogens is 314 g/mol. The number of likely N-dealkylation sites (tertiary alicyclic amines) is 1. The molecule has 122 valence electrons. The van der Waals surface area contributed by atoms with Gasteiger partial charge in [-0.3, -0.25) is 4.79 Å². The minimum atomic E-state index is -0.0447. The van der Waals surface area contributed by atoms with Gasteiger partial charge in [-0.15, -0.1) is 5.10 Å². The first-order valence-electron chi connectivity index (χ1n) is 7.63. The summed E-state index contributed by atoms with van der Waals surface area (Å²) in [5.74, 6) is -0.0447. The van der Waals surface area contributed by atoms with E-state index < -0.39 is 0 Å². The van der Waals surface area contributed by atoms with Crippen LogP contribution in [0.3, 0.4) is 0 Å². The smallest absolute Gasteiger partial charge is 0.276 e. The van der Waals surface area contributed by atoms with E-state index in [9.17, 15) is 4.79 Å². The highest BCUT2D eigenvalue weighted by atomic mass is 35.5. The van der Waals surface area contributed by atoms with Crippen LogP contribution in [0.4, 0.5) is 0 Å². The van der Waals surface area contributed by atoms with Gasteiger partial charge in [-0.25, -0.2) is 4.68 Å². The Morgan fingerprint density at radius 3 is 2.74 bits per heavy atom. The second-order valence-corrected chi connectivity index (χ2v) is 6.52. The summed E-state index contributed by atoms with van der Waals surface area (Å²) in [6, 6.07) is 7.97. The molecule has 0 N–H and O–H groups in total. The lowest BCUT2D eigenvalue weighted by Gasteiger charge is -2.19. The zero-order valence-corrected chi connectivity index (χ0v) is 14.1. The topological polar surface area (TPSA) is 54.3 Å². The zero-order chi connectivity index (χ0) is 16.4. The fourth-order valence-corrected chi connectivity index (χ4v) is 2.89. The fraction of sp³-hybridized carbons (Fsp3) is 0.438. The van der Waals surface area contributed by atoms with Crippen molar-refractivity contribution in [2.24, 2.45) is 0 Å². The summed E-state index contributed by atoms with van der Waals surface area (Å²) in [7, 11) is 4.09. The third-order valence-electron chi connectivity index (χ3n) is 4.20. The van der Waals surface area contributed by atoms with Gasteiger partial charge in [0.1, 0.15) is 0 Å². The van der Waals surface area contributed by atoms with Crippen molar-refractivity contribution in [3.8, 4) is 0 Å². The van der Waals surface area contributed by atoms with Crippen molar-refractivity contribution in [2.75, 3.05) is 27.2 Å². The number of aromatic nitrogens is 3. The number of amides is 1. The molecule has 0 spiro atoms. The Morgan fingerprint density at radius 2 is 2.09 bits per heavy atom. The van der Waals surface area contributed by atoms with Crippen LogP contribution in [0, 0.1) is 0 Å². The summed E-state index contributed by atoms with van der Waals surface area (Å²) in [5.41, 5.74) is 1.46. The minimum absolute atomic E-state index is 0.0447. The van der Waals surface area contributed by atoms with Gasteiger partial charge in [-0.05, 0) is 38.2 Å². The summed E-state index contributed by atoms with van der Waals surface area (Å²) in [5, 5.41) is 8.78. The molecule has 6 nitrogen and oxygen atoms in total. The van der Waals surface area contributed by atoms with E-state index in [4.69, 9.17) is 11.6 Å². The lowest BCUT2D eigenvalue weighted by molar-refractivity contribution is 0.0777. The molecular formula is C16H20ClN5O. The van der Waals surface area contributed by atoms with Crippen LogP contribution in [0.1, 0.15) is 22.5 Å². The van der Waals surface area contributed by atoms with E-state index in [-0.39, 0.29) is 5.91 Å². The summed E-state index contributed by atoms with van der Waals surface area (Å²) >= 11 is 5.88. The molecule has 0 radical (unpaired) electrons. The van der Waals surface area contributed by atoms with Gasteiger partial charge in [0.25, 0.3) is 5.91 Å². The Hall–Kier alpha value is -1.92. The quantitative estimate of drug-likeness (QED) is 0.855. The van der Waals surface area contributed by atoms with Gasteiger partial charge in [-0.1, -0.05) is 28.9 Å². The Morgan fingerprint density at radius 1 is 1.35 bits per heavy atom. The number of rotatable bonds is 4. The van der Waals surface area contributed by atoms with Gasteiger partial charge in [0.2, 0.25) is 0 Å². The third-order valence-corrected chi connectivity index (χ3v) is 4.45. The summed E-state index contributed by atoms with van der Waals surface area (Å²) in [4.78, 5) is 16.5. The van der Waals surface area contributed by atoms with Crippen molar-refractivity contribution in [1.82, 2.24) is 24.8 Å². The molecule has 1 atom stereocenters. The number of halogens is 1. The largest absolute Gasteiger partial charge is 0.336 e. The van der Waals surface area contributed by atoms with Crippen molar-refractivity contribution in [3.63, 3.8) is 0 Å². The van der Waals surface area contributed by atoms with Crippen LogP contribution in [-0.2, 0) is 6.54 Å². The molecule has 1 aliphatic rings.